The highest BCUT2D eigenvalue weighted by molar-refractivity contribution is 6.06. The topological polar surface area (TPSA) is 69.4 Å². The number of ketones is 1. The van der Waals surface area contributed by atoms with Gasteiger partial charge in [0.2, 0.25) is 0 Å². The maximum atomic E-state index is 12.1. The Hall–Kier alpha value is -1.84. The molecular formula is C16H23NO3. The lowest BCUT2D eigenvalue weighted by atomic mass is 9.99. The summed E-state index contributed by atoms with van der Waals surface area (Å²) in [5.74, 6) is -0.523. The van der Waals surface area contributed by atoms with Crippen LogP contribution in [-0.2, 0) is 4.74 Å². The highest BCUT2D eigenvalue weighted by Gasteiger charge is 2.16. The number of unbranched alkanes of at least 4 members (excludes halogenated alkanes) is 4. The number of methoxy groups -OCH3 is 1. The number of benzene rings is 1. The fraction of sp³-hybridized carbons (Fsp3) is 0.500. The first-order chi connectivity index (χ1) is 9.61. The molecule has 4 nitrogen and oxygen atoms in total. The van der Waals surface area contributed by atoms with Gasteiger partial charge in [-0.3, -0.25) is 4.79 Å². The van der Waals surface area contributed by atoms with Crippen molar-refractivity contribution in [3.05, 3.63) is 29.3 Å². The van der Waals surface area contributed by atoms with Crippen molar-refractivity contribution in [3.63, 3.8) is 0 Å². The number of hydrogen-bond acceptors (Lipinski definition) is 4. The van der Waals surface area contributed by atoms with E-state index in [2.05, 4.69) is 11.7 Å². The highest BCUT2D eigenvalue weighted by atomic mass is 16.5. The Morgan fingerprint density at radius 1 is 1.10 bits per heavy atom. The molecule has 0 unspecified atom stereocenters. The molecule has 20 heavy (non-hydrogen) atoms. The fourth-order valence-electron chi connectivity index (χ4n) is 2.12. The molecule has 0 aliphatic rings. The van der Waals surface area contributed by atoms with Gasteiger partial charge in [-0.05, 0) is 18.6 Å². The number of rotatable bonds is 8. The molecule has 0 saturated carbocycles. The van der Waals surface area contributed by atoms with Gasteiger partial charge in [-0.2, -0.15) is 0 Å². The summed E-state index contributed by atoms with van der Waals surface area (Å²) in [4.78, 5) is 23.7. The van der Waals surface area contributed by atoms with Gasteiger partial charge in [-0.25, -0.2) is 4.79 Å². The normalized spacial score (nSPS) is 10.3. The summed E-state index contributed by atoms with van der Waals surface area (Å²) in [6.07, 6.45) is 5.92. The monoisotopic (exact) mass is 277 g/mol. The molecule has 0 aromatic heterocycles. The average Bonchev–Trinajstić information content (AvgIpc) is 2.46. The van der Waals surface area contributed by atoms with Crippen molar-refractivity contribution in [1.82, 2.24) is 0 Å². The van der Waals surface area contributed by atoms with E-state index in [9.17, 15) is 9.59 Å². The standard InChI is InChI=1S/C16H23NO3/c1-3-4-5-6-7-11-14(18)12-9-8-10-13(15(12)17)16(19)20-2/h8-10H,3-7,11,17H2,1-2H3. The van der Waals surface area contributed by atoms with Crippen LogP contribution in [0.2, 0.25) is 0 Å². The third-order valence-electron chi connectivity index (χ3n) is 3.32. The Kier molecular flexibility index (Phi) is 6.77. The molecule has 2 N–H and O–H groups in total. The van der Waals surface area contributed by atoms with Gasteiger partial charge in [0.15, 0.2) is 5.78 Å². The van der Waals surface area contributed by atoms with Crippen molar-refractivity contribution in [1.29, 1.82) is 0 Å². The SMILES string of the molecule is CCCCCCCC(=O)c1cccc(C(=O)OC)c1N. The van der Waals surface area contributed by atoms with Crippen LogP contribution in [0.5, 0.6) is 0 Å². The molecule has 0 spiro atoms. The van der Waals surface area contributed by atoms with E-state index in [-0.39, 0.29) is 17.0 Å². The second kappa shape index (κ2) is 8.35. The number of hydrogen-bond donors (Lipinski definition) is 1. The van der Waals surface area contributed by atoms with Crippen molar-refractivity contribution in [2.45, 2.75) is 45.4 Å². The second-order valence-corrected chi connectivity index (χ2v) is 4.85. The van der Waals surface area contributed by atoms with E-state index in [4.69, 9.17) is 5.73 Å². The van der Waals surface area contributed by atoms with Crippen LogP contribution in [-0.4, -0.2) is 18.9 Å². The maximum absolute atomic E-state index is 12.1. The summed E-state index contributed by atoms with van der Waals surface area (Å²) >= 11 is 0. The predicted molar refractivity (Wildman–Crippen MR) is 79.9 cm³/mol. The first kappa shape index (κ1) is 16.2. The van der Waals surface area contributed by atoms with Crippen LogP contribution >= 0.6 is 0 Å². The van der Waals surface area contributed by atoms with E-state index >= 15 is 0 Å². The van der Waals surface area contributed by atoms with Gasteiger partial charge in [0, 0.05) is 12.0 Å². The highest BCUT2D eigenvalue weighted by Crippen LogP contribution is 2.21. The Balaban J connectivity index is 2.66. The van der Waals surface area contributed by atoms with Gasteiger partial charge >= 0.3 is 5.97 Å². The van der Waals surface area contributed by atoms with Crippen molar-refractivity contribution >= 4 is 17.4 Å². The zero-order valence-electron chi connectivity index (χ0n) is 12.3. The average molecular weight is 277 g/mol. The van der Waals surface area contributed by atoms with Crippen LogP contribution < -0.4 is 5.73 Å². The van der Waals surface area contributed by atoms with E-state index in [1.54, 1.807) is 18.2 Å². The maximum Gasteiger partial charge on any atom is 0.339 e. The largest absolute Gasteiger partial charge is 0.465 e. The van der Waals surface area contributed by atoms with Crippen LogP contribution in [0.25, 0.3) is 0 Å². The Morgan fingerprint density at radius 3 is 2.40 bits per heavy atom. The zero-order chi connectivity index (χ0) is 15.0. The lowest BCUT2D eigenvalue weighted by Gasteiger charge is -2.08. The molecule has 0 aliphatic carbocycles. The molecule has 0 fully saturated rings. The summed E-state index contributed by atoms with van der Waals surface area (Å²) in [6.45, 7) is 2.16. The summed E-state index contributed by atoms with van der Waals surface area (Å²) < 4.78 is 4.65. The number of esters is 1. The molecule has 0 heterocycles. The Labute approximate surface area is 120 Å². The molecular weight excluding hydrogens is 254 g/mol. The minimum absolute atomic E-state index is 0.00949. The Bertz CT molecular complexity index is 469. The van der Waals surface area contributed by atoms with Gasteiger partial charge in [-0.1, -0.05) is 38.7 Å². The van der Waals surface area contributed by atoms with E-state index in [1.165, 1.54) is 20.0 Å². The minimum atomic E-state index is -0.514. The number of nitrogen functional groups attached to an aromatic ring is 1. The van der Waals surface area contributed by atoms with Crippen LogP contribution in [0.1, 0.15) is 66.2 Å². The molecule has 0 atom stereocenters. The van der Waals surface area contributed by atoms with Gasteiger partial charge < -0.3 is 10.5 Å². The van der Waals surface area contributed by atoms with Gasteiger partial charge in [0.05, 0.1) is 18.4 Å². The summed E-state index contributed by atoms with van der Waals surface area (Å²) in [5.41, 5.74) is 6.79. The lowest BCUT2D eigenvalue weighted by Crippen LogP contribution is -2.11. The smallest absolute Gasteiger partial charge is 0.339 e. The van der Waals surface area contributed by atoms with Crippen LogP contribution in [0.4, 0.5) is 5.69 Å². The first-order valence-corrected chi connectivity index (χ1v) is 7.11. The molecule has 1 aromatic carbocycles. The number of ether oxygens (including phenoxy) is 1. The van der Waals surface area contributed by atoms with Crippen molar-refractivity contribution in [2.75, 3.05) is 12.8 Å². The second-order valence-electron chi connectivity index (χ2n) is 4.85. The molecule has 0 bridgehead atoms. The number of Topliss-reactive ketones (excluding diaryl/α,β-unsaturated/α-hetero) is 1. The van der Waals surface area contributed by atoms with Crippen molar-refractivity contribution < 1.29 is 14.3 Å². The fourth-order valence-corrected chi connectivity index (χ4v) is 2.12. The quantitative estimate of drug-likeness (QED) is 0.341. The molecule has 4 heteroatoms. The minimum Gasteiger partial charge on any atom is -0.465 e. The number of nitrogens with two attached hydrogens (primary N) is 1. The molecule has 110 valence electrons. The summed E-state index contributed by atoms with van der Waals surface area (Å²) in [7, 11) is 1.30. The number of carbonyl (C=O) groups excluding carboxylic acids is 2. The molecule has 0 amide bonds. The number of anilines is 1. The third kappa shape index (κ3) is 4.37. The summed E-state index contributed by atoms with van der Waals surface area (Å²) in [6, 6.07) is 4.89. The summed E-state index contributed by atoms with van der Waals surface area (Å²) in [5, 5.41) is 0. The van der Waals surface area contributed by atoms with Crippen LogP contribution in [0, 0.1) is 0 Å². The predicted octanol–water partition coefficient (Wildman–Crippen LogP) is 3.60. The third-order valence-corrected chi connectivity index (χ3v) is 3.32. The van der Waals surface area contributed by atoms with E-state index in [0.717, 1.165) is 19.3 Å². The number of carbonyl (C=O) groups is 2. The van der Waals surface area contributed by atoms with E-state index in [1.807, 2.05) is 0 Å². The first-order valence-electron chi connectivity index (χ1n) is 7.11. The number of para-hydroxylation sites is 1. The van der Waals surface area contributed by atoms with Gasteiger partial charge in [0.1, 0.15) is 0 Å². The zero-order valence-corrected chi connectivity index (χ0v) is 12.3. The molecule has 1 aromatic rings. The van der Waals surface area contributed by atoms with E-state index in [0.29, 0.717) is 12.0 Å². The van der Waals surface area contributed by atoms with Crippen molar-refractivity contribution in [3.8, 4) is 0 Å². The lowest BCUT2D eigenvalue weighted by molar-refractivity contribution is 0.0602. The van der Waals surface area contributed by atoms with E-state index < -0.39 is 5.97 Å². The Morgan fingerprint density at radius 2 is 1.75 bits per heavy atom. The molecule has 0 radical (unpaired) electrons. The van der Waals surface area contributed by atoms with Crippen LogP contribution in [0.15, 0.2) is 18.2 Å². The molecule has 0 saturated heterocycles. The van der Waals surface area contributed by atoms with Gasteiger partial charge in [-0.15, -0.1) is 0 Å². The van der Waals surface area contributed by atoms with Gasteiger partial charge in [0.25, 0.3) is 0 Å². The van der Waals surface area contributed by atoms with Crippen molar-refractivity contribution in [2.24, 2.45) is 0 Å². The van der Waals surface area contributed by atoms with Crippen LogP contribution in [0.3, 0.4) is 0 Å². The molecule has 0 aliphatic heterocycles. The molecule has 1 rings (SSSR count).